The van der Waals surface area contributed by atoms with E-state index in [1.807, 2.05) is 0 Å². The summed E-state index contributed by atoms with van der Waals surface area (Å²) in [6.07, 6.45) is -5.10. The third kappa shape index (κ3) is 3.41. The van der Waals surface area contributed by atoms with E-state index in [1.165, 1.54) is 23.7 Å². The Morgan fingerprint density at radius 1 is 1.45 bits per heavy atom. The number of nitrogens with one attached hydrogen (secondary N) is 1. The van der Waals surface area contributed by atoms with Gasteiger partial charge < -0.3 is 15.3 Å². The highest BCUT2D eigenvalue weighted by atomic mass is 32.1. The zero-order valence-corrected chi connectivity index (χ0v) is 11.5. The molecule has 1 heterocycles. The minimum absolute atomic E-state index is 0.0943. The lowest BCUT2D eigenvalue weighted by Gasteiger charge is -2.30. The molecule has 1 atom stereocenters. The van der Waals surface area contributed by atoms with Crippen molar-refractivity contribution < 1.29 is 27.9 Å². The minimum Gasteiger partial charge on any atom is -0.479 e. The van der Waals surface area contributed by atoms with Gasteiger partial charge in [0.15, 0.2) is 0 Å². The summed E-state index contributed by atoms with van der Waals surface area (Å²) >= 11 is 1.34. The summed E-state index contributed by atoms with van der Waals surface area (Å²) in [6.45, 7) is 0.503. The van der Waals surface area contributed by atoms with Crippen molar-refractivity contribution in [2.45, 2.75) is 25.2 Å². The van der Waals surface area contributed by atoms with Crippen LogP contribution in [0.15, 0.2) is 17.5 Å². The summed E-state index contributed by atoms with van der Waals surface area (Å²) < 4.78 is 38.2. The lowest BCUT2D eigenvalue weighted by molar-refractivity contribution is -0.203. The molecule has 112 valence electrons. The van der Waals surface area contributed by atoms with Gasteiger partial charge in [-0.15, -0.1) is 11.3 Å². The van der Waals surface area contributed by atoms with Gasteiger partial charge in [0.05, 0.1) is 6.54 Å². The molecule has 2 N–H and O–H groups in total. The van der Waals surface area contributed by atoms with Crippen molar-refractivity contribution >= 4 is 23.3 Å². The van der Waals surface area contributed by atoms with Crippen molar-refractivity contribution in [3.8, 4) is 0 Å². The first kappa shape index (κ1) is 16.3. The van der Waals surface area contributed by atoms with Crippen molar-refractivity contribution in [2.24, 2.45) is 0 Å². The lowest BCUT2D eigenvalue weighted by atomic mass is 10.0. The molecule has 2 amide bonds. The summed E-state index contributed by atoms with van der Waals surface area (Å²) in [5, 5.41) is 12.0. The molecule has 0 fully saturated rings. The second-order valence-corrected chi connectivity index (χ2v) is 5.33. The number of thiophene rings is 1. The van der Waals surface area contributed by atoms with E-state index in [1.54, 1.807) is 17.5 Å². The summed E-state index contributed by atoms with van der Waals surface area (Å²) in [6, 6.07) is 2.35. The highest BCUT2D eigenvalue weighted by molar-refractivity contribution is 7.09. The van der Waals surface area contributed by atoms with E-state index in [0.29, 0.717) is 6.92 Å². The van der Waals surface area contributed by atoms with Crippen LogP contribution < -0.4 is 5.32 Å². The Kier molecular flexibility index (Phi) is 4.64. The zero-order valence-electron chi connectivity index (χ0n) is 10.7. The minimum atomic E-state index is -5.10. The molecule has 1 aromatic heterocycles. The molecule has 20 heavy (non-hydrogen) atoms. The maximum Gasteiger partial charge on any atom is 0.422 e. The molecule has 0 saturated carbocycles. The second-order valence-electron chi connectivity index (χ2n) is 4.29. The number of aliphatic carboxylic acids is 1. The van der Waals surface area contributed by atoms with E-state index in [4.69, 9.17) is 5.11 Å². The van der Waals surface area contributed by atoms with Crippen LogP contribution in [-0.2, 0) is 11.3 Å². The number of hydrogen-bond donors (Lipinski definition) is 2. The van der Waals surface area contributed by atoms with E-state index in [-0.39, 0.29) is 6.54 Å². The number of amides is 2. The summed E-state index contributed by atoms with van der Waals surface area (Å²) in [5.41, 5.74) is -3.33. The largest absolute Gasteiger partial charge is 0.479 e. The average molecular weight is 310 g/mol. The van der Waals surface area contributed by atoms with Gasteiger partial charge in [-0.25, -0.2) is 9.59 Å². The number of carbonyl (C=O) groups excluding carboxylic acids is 1. The number of carboxylic acids is 1. The topological polar surface area (TPSA) is 69.6 Å². The van der Waals surface area contributed by atoms with E-state index < -0.39 is 23.7 Å². The molecular weight excluding hydrogens is 297 g/mol. The number of urea groups is 1. The maximum absolute atomic E-state index is 12.7. The Labute approximate surface area is 117 Å². The molecule has 0 aromatic carbocycles. The van der Waals surface area contributed by atoms with Gasteiger partial charge in [0.2, 0.25) is 5.54 Å². The molecule has 0 bridgehead atoms. The molecule has 0 radical (unpaired) electrons. The third-order valence-corrected chi connectivity index (χ3v) is 3.53. The van der Waals surface area contributed by atoms with Gasteiger partial charge in [0.1, 0.15) is 0 Å². The van der Waals surface area contributed by atoms with Crippen LogP contribution >= 0.6 is 11.3 Å². The Hall–Kier alpha value is -1.77. The Morgan fingerprint density at radius 2 is 2.05 bits per heavy atom. The lowest BCUT2D eigenvalue weighted by Crippen LogP contribution is -2.63. The van der Waals surface area contributed by atoms with Crippen molar-refractivity contribution in [1.29, 1.82) is 0 Å². The fraction of sp³-hybridized carbons (Fsp3) is 0.455. The van der Waals surface area contributed by atoms with Gasteiger partial charge in [0.25, 0.3) is 0 Å². The first-order valence-corrected chi connectivity index (χ1v) is 6.31. The van der Waals surface area contributed by atoms with Gasteiger partial charge in [-0.2, -0.15) is 13.2 Å². The standard InChI is InChI=1S/C11H13F3N2O3S/c1-10(8(17)18,11(12,13)14)15-9(19)16(2)6-7-4-3-5-20-7/h3-5H,6H2,1-2H3,(H,15,19)(H,17,18). The molecule has 1 aromatic rings. The highest BCUT2D eigenvalue weighted by Crippen LogP contribution is 2.30. The van der Waals surface area contributed by atoms with E-state index in [0.717, 1.165) is 9.78 Å². The van der Waals surface area contributed by atoms with Crippen LogP contribution in [0.1, 0.15) is 11.8 Å². The van der Waals surface area contributed by atoms with Crippen LogP contribution in [0.3, 0.4) is 0 Å². The van der Waals surface area contributed by atoms with E-state index in [9.17, 15) is 22.8 Å². The van der Waals surface area contributed by atoms with Crippen LogP contribution in [-0.4, -0.2) is 40.8 Å². The van der Waals surface area contributed by atoms with Crippen LogP contribution in [0.4, 0.5) is 18.0 Å². The number of hydrogen-bond acceptors (Lipinski definition) is 3. The predicted octanol–water partition coefficient (Wildman–Crippen LogP) is 2.30. The van der Waals surface area contributed by atoms with Crippen LogP contribution in [0.5, 0.6) is 0 Å². The number of carbonyl (C=O) groups is 2. The van der Waals surface area contributed by atoms with Gasteiger partial charge in [-0.1, -0.05) is 6.07 Å². The predicted molar refractivity (Wildman–Crippen MR) is 66.4 cm³/mol. The molecule has 0 spiro atoms. The molecule has 1 rings (SSSR count). The van der Waals surface area contributed by atoms with Crippen molar-refractivity contribution in [3.05, 3.63) is 22.4 Å². The highest BCUT2D eigenvalue weighted by Gasteiger charge is 2.58. The first-order chi connectivity index (χ1) is 9.08. The van der Waals surface area contributed by atoms with Crippen LogP contribution in [0, 0.1) is 0 Å². The van der Waals surface area contributed by atoms with E-state index >= 15 is 0 Å². The summed E-state index contributed by atoms with van der Waals surface area (Å²) in [5.74, 6) is -2.16. The van der Waals surface area contributed by atoms with Gasteiger partial charge in [-0.3, -0.25) is 0 Å². The SMILES string of the molecule is CN(Cc1cccs1)C(=O)NC(C)(C(=O)O)C(F)(F)F. The van der Waals surface area contributed by atoms with Gasteiger partial charge in [-0.05, 0) is 18.4 Å². The Morgan fingerprint density at radius 3 is 2.45 bits per heavy atom. The van der Waals surface area contributed by atoms with Gasteiger partial charge in [0, 0.05) is 11.9 Å². The quantitative estimate of drug-likeness (QED) is 0.896. The number of nitrogens with zero attached hydrogens (tertiary/aromatic N) is 1. The summed E-state index contributed by atoms with van der Waals surface area (Å²) in [4.78, 5) is 24.2. The normalized spacial score (nSPS) is 14.4. The molecule has 9 heteroatoms. The molecule has 0 aliphatic carbocycles. The third-order valence-electron chi connectivity index (χ3n) is 2.67. The number of rotatable bonds is 4. The smallest absolute Gasteiger partial charge is 0.422 e. The molecule has 0 saturated heterocycles. The van der Waals surface area contributed by atoms with Crippen molar-refractivity contribution in [3.63, 3.8) is 0 Å². The van der Waals surface area contributed by atoms with Crippen molar-refractivity contribution in [2.75, 3.05) is 7.05 Å². The molecule has 0 aliphatic heterocycles. The zero-order chi connectivity index (χ0) is 15.6. The number of carboxylic acid groups (broad SMARTS) is 1. The fourth-order valence-electron chi connectivity index (χ4n) is 1.26. The molecular formula is C11H13F3N2O3S. The molecule has 1 unspecified atom stereocenters. The number of alkyl halides is 3. The Balaban J connectivity index is 2.79. The van der Waals surface area contributed by atoms with Crippen LogP contribution in [0.2, 0.25) is 0 Å². The summed E-state index contributed by atoms with van der Waals surface area (Å²) in [7, 11) is 1.29. The van der Waals surface area contributed by atoms with Gasteiger partial charge >= 0.3 is 18.2 Å². The van der Waals surface area contributed by atoms with E-state index in [2.05, 4.69) is 0 Å². The second kappa shape index (κ2) is 5.70. The molecule has 0 aliphatic rings. The van der Waals surface area contributed by atoms with Crippen molar-refractivity contribution in [1.82, 2.24) is 10.2 Å². The fourth-order valence-corrected chi connectivity index (χ4v) is 2.02. The maximum atomic E-state index is 12.7. The van der Waals surface area contributed by atoms with Crippen LogP contribution in [0.25, 0.3) is 0 Å². The number of halogens is 3. The average Bonchev–Trinajstić information content (AvgIpc) is 2.79. The Bertz CT molecular complexity index is 490. The monoisotopic (exact) mass is 310 g/mol. The molecule has 5 nitrogen and oxygen atoms in total. The first-order valence-electron chi connectivity index (χ1n) is 5.43.